The third-order valence-electron chi connectivity index (χ3n) is 4.04. The van der Waals surface area contributed by atoms with Gasteiger partial charge >= 0.3 is 0 Å². The third-order valence-corrected chi connectivity index (χ3v) is 4.04. The van der Waals surface area contributed by atoms with Crippen LogP contribution >= 0.6 is 0 Å². The molecule has 1 aliphatic heterocycles. The minimum atomic E-state index is 0.0142. The molecule has 132 valence electrons. The maximum absolute atomic E-state index is 12.0. The van der Waals surface area contributed by atoms with E-state index in [1.165, 1.54) is 7.11 Å². The van der Waals surface area contributed by atoms with Gasteiger partial charge in [0.05, 0.1) is 6.61 Å². The van der Waals surface area contributed by atoms with E-state index in [-0.39, 0.29) is 24.5 Å². The van der Waals surface area contributed by atoms with Crippen LogP contribution in [0.15, 0.2) is 30.3 Å². The molecule has 0 bridgehead atoms. The number of benzene rings is 1. The zero-order chi connectivity index (χ0) is 17.2. The Morgan fingerprint density at radius 1 is 1.21 bits per heavy atom. The summed E-state index contributed by atoms with van der Waals surface area (Å²) >= 11 is 0. The average Bonchev–Trinajstić information content (AvgIpc) is 2.60. The normalized spacial score (nSPS) is 15.1. The van der Waals surface area contributed by atoms with Crippen molar-refractivity contribution in [3.05, 3.63) is 30.3 Å². The van der Waals surface area contributed by atoms with Crippen LogP contribution in [0, 0.1) is 0 Å². The fraction of sp³-hybridized carbons (Fsp3) is 0.556. The number of amides is 2. The lowest BCUT2D eigenvalue weighted by atomic mass is 10.0. The summed E-state index contributed by atoms with van der Waals surface area (Å²) in [6, 6.07) is 9.74. The van der Waals surface area contributed by atoms with Crippen molar-refractivity contribution in [3.8, 4) is 5.75 Å². The Bertz CT molecular complexity index is 513. The van der Waals surface area contributed by atoms with Crippen molar-refractivity contribution in [1.29, 1.82) is 0 Å². The van der Waals surface area contributed by atoms with Gasteiger partial charge in [0.25, 0.3) is 0 Å². The molecule has 0 aliphatic carbocycles. The fourth-order valence-electron chi connectivity index (χ4n) is 2.73. The van der Waals surface area contributed by atoms with Gasteiger partial charge in [-0.2, -0.15) is 0 Å². The lowest BCUT2D eigenvalue weighted by molar-refractivity contribution is -0.136. The molecule has 1 aromatic carbocycles. The molecule has 0 saturated carbocycles. The predicted molar refractivity (Wildman–Crippen MR) is 90.8 cm³/mol. The van der Waals surface area contributed by atoms with E-state index in [0.717, 1.165) is 18.6 Å². The molecule has 0 atom stereocenters. The first-order valence-electron chi connectivity index (χ1n) is 8.43. The van der Waals surface area contributed by atoms with Crippen LogP contribution in [0.25, 0.3) is 0 Å². The molecule has 1 fully saturated rings. The maximum atomic E-state index is 12.0. The predicted octanol–water partition coefficient (Wildman–Crippen LogP) is 1.60. The number of piperidine rings is 1. The standard InChI is InChI=1S/C18H26N2O4/c1-23-14-18(22)20-11-9-15(10-12-20)19-17(21)8-5-13-24-16-6-3-2-4-7-16/h2-4,6-7,15H,5,8-14H2,1H3,(H,19,21). The molecule has 0 radical (unpaired) electrons. The van der Waals surface area contributed by atoms with Gasteiger partial charge in [0, 0.05) is 32.7 Å². The summed E-state index contributed by atoms with van der Waals surface area (Å²) in [7, 11) is 1.52. The lowest BCUT2D eigenvalue weighted by Gasteiger charge is -2.32. The molecule has 1 N–H and O–H groups in total. The number of rotatable bonds is 8. The van der Waals surface area contributed by atoms with Crippen molar-refractivity contribution >= 4 is 11.8 Å². The highest BCUT2D eigenvalue weighted by Gasteiger charge is 2.23. The van der Waals surface area contributed by atoms with Crippen LogP contribution < -0.4 is 10.1 Å². The molecular formula is C18H26N2O4. The quantitative estimate of drug-likeness (QED) is 0.733. The number of carbonyl (C=O) groups is 2. The van der Waals surface area contributed by atoms with Crippen LogP contribution in [-0.2, 0) is 14.3 Å². The number of nitrogens with one attached hydrogen (secondary N) is 1. The summed E-state index contributed by atoms with van der Waals surface area (Å²) in [5, 5.41) is 3.05. The van der Waals surface area contributed by atoms with Crippen molar-refractivity contribution in [1.82, 2.24) is 10.2 Å². The first kappa shape index (κ1) is 18.3. The Hall–Kier alpha value is -2.08. The summed E-state index contributed by atoms with van der Waals surface area (Å²) < 4.78 is 10.4. The minimum absolute atomic E-state index is 0.0142. The van der Waals surface area contributed by atoms with E-state index in [9.17, 15) is 9.59 Å². The number of hydrogen-bond donors (Lipinski definition) is 1. The molecule has 0 spiro atoms. The molecule has 6 nitrogen and oxygen atoms in total. The number of hydrogen-bond acceptors (Lipinski definition) is 4. The van der Waals surface area contributed by atoms with Gasteiger partial charge in [0.1, 0.15) is 12.4 Å². The van der Waals surface area contributed by atoms with E-state index in [1.54, 1.807) is 4.90 Å². The van der Waals surface area contributed by atoms with Crippen LogP contribution in [0.4, 0.5) is 0 Å². The third kappa shape index (κ3) is 6.20. The van der Waals surface area contributed by atoms with Crippen LogP contribution in [-0.4, -0.2) is 56.2 Å². The molecule has 6 heteroatoms. The van der Waals surface area contributed by atoms with Crippen molar-refractivity contribution in [2.24, 2.45) is 0 Å². The Kier molecular flexibility index (Phi) is 7.55. The number of likely N-dealkylation sites (tertiary alicyclic amines) is 1. The summed E-state index contributed by atoms with van der Waals surface area (Å²) in [6.45, 7) is 1.99. The van der Waals surface area contributed by atoms with Gasteiger partial charge in [-0.25, -0.2) is 0 Å². The smallest absolute Gasteiger partial charge is 0.248 e. The summed E-state index contributed by atoms with van der Waals surface area (Å²) in [6.07, 6.45) is 2.73. The Balaban J connectivity index is 1.57. The monoisotopic (exact) mass is 334 g/mol. The van der Waals surface area contributed by atoms with Gasteiger partial charge in [-0.1, -0.05) is 18.2 Å². The van der Waals surface area contributed by atoms with Crippen molar-refractivity contribution in [3.63, 3.8) is 0 Å². The second-order valence-corrected chi connectivity index (χ2v) is 5.92. The zero-order valence-electron chi connectivity index (χ0n) is 14.2. The molecule has 2 amide bonds. The molecule has 1 aliphatic rings. The molecule has 0 unspecified atom stereocenters. The highest BCUT2D eigenvalue weighted by molar-refractivity contribution is 5.78. The zero-order valence-corrected chi connectivity index (χ0v) is 14.2. The van der Waals surface area contributed by atoms with E-state index < -0.39 is 0 Å². The highest BCUT2D eigenvalue weighted by atomic mass is 16.5. The van der Waals surface area contributed by atoms with E-state index in [4.69, 9.17) is 9.47 Å². The number of nitrogens with zero attached hydrogens (tertiary/aromatic N) is 1. The van der Waals surface area contributed by atoms with Gasteiger partial charge < -0.3 is 19.7 Å². The lowest BCUT2D eigenvalue weighted by Crippen LogP contribution is -2.47. The van der Waals surface area contributed by atoms with Gasteiger partial charge in [-0.3, -0.25) is 9.59 Å². The van der Waals surface area contributed by atoms with Crippen molar-refractivity contribution in [2.75, 3.05) is 33.4 Å². The van der Waals surface area contributed by atoms with E-state index >= 15 is 0 Å². The second-order valence-electron chi connectivity index (χ2n) is 5.92. The van der Waals surface area contributed by atoms with Gasteiger partial charge in [0.2, 0.25) is 11.8 Å². The van der Waals surface area contributed by atoms with Crippen LogP contribution in [0.2, 0.25) is 0 Å². The van der Waals surface area contributed by atoms with E-state index in [2.05, 4.69) is 5.32 Å². The van der Waals surface area contributed by atoms with Gasteiger partial charge in [-0.15, -0.1) is 0 Å². The number of carbonyl (C=O) groups excluding carboxylic acids is 2. The first-order chi connectivity index (χ1) is 11.7. The molecule has 1 saturated heterocycles. The first-order valence-corrected chi connectivity index (χ1v) is 8.43. The van der Waals surface area contributed by atoms with E-state index in [1.807, 2.05) is 30.3 Å². The van der Waals surface area contributed by atoms with Gasteiger partial charge in [0.15, 0.2) is 0 Å². The number of para-hydroxylation sites is 1. The maximum Gasteiger partial charge on any atom is 0.248 e. The summed E-state index contributed by atoms with van der Waals surface area (Å²) in [5.74, 6) is 0.889. The molecule has 24 heavy (non-hydrogen) atoms. The largest absolute Gasteiger partial charge is 0.494 e. The summed E-state index contributed by atoms with van der Waals surface area (Å²) in [4.78, 5) is 25.5. The Morgan fingerprint density at radius 3 is 2.58 bits per heavy atom. The number of ether oxygens (including phenoxy) is 2. The average molecular weight is 334 g/mol. The molecule has 1 aromatic rings. The number of methoxy groups -OCH3 is 1. The SMILES string of the molecule is COCC(=O)N1CCC(NC(=O)CCCOc2ccccc2)CC1. The van der Waals surface area contributed by atoms with E-state index in [0.29, 0.717) is 32.5 Å². The topological polar surface area (TPSA) is 67.9 Å². The fourth-order valence-corrected chi connectivity index (χ4v) is 2.73. The second kappa shape index (κ2) is 9.93. The molecule has 2 rings (SSSR count). The highest BCUT2D eigenvalue weighted by Crippen LogP contribution is 2.12. The Labute approximate surface area is 143 Å². The molecule has 1 heterocycles. The molecule has 0 aromatic heterocycles. The van der Waals surface area contributed by atoms with Crippen LogP contribution in [0.3, 0.4) is 0 Å². The summed E-state index contributed by atoms with van der Waals surface area (Å²) in [5.41, 5.74) is 0. The minimum Gasteiger partial charge on any atom is -0.494 e. The Morgan fingerprint density at radius 2 is 1.92 bits per heavy atom. The van der Waals surface area contributed by atoms with Crippen molar-refractivity contribution in [2.45, 2.75) is 31.7 Å². The van der Waals surface area contributed by atoms with Crippen LogP contribution in [0.1, 0.15) is 25.7 Å². The van der Waals surface area contributed by atoms with Gasteiger partial charge in [-0.05, 0) is 31.4 Å². The molecular weight excluding hydrogens is 308 g/mol. The van der Waals surface area contributed by atoms with Crippen molar-refractivity contribution < 1.29 is 19.1 Å². The van der Waals surface area contributed by atoms with Crippen LogP contribution in [0.5, 0.6) is 5.75 Å².